The van der Waals surface area contributed by atoms with Gasteiger partial charge in [0.25, 0.3) is 0 Å². The molecule has 1 N–H and O–H groups in total. The van der Waals surface area contributed by atoms with Crippen LogP contribution in [0.25, 0.3) is 0 Å². The van der Waals surface area contributed by atoms with Gasteiger partial charge in [0.2, 0.25) is 5.91 Å². The molecule has 0 bridgehead atoms. The summed E-state index contributed by atoms with van der Waals surface area (Å²) in [5.74, 6) is 0.397. The second-order valence-corrected chi connectivity index (χ2v) is 4.15. The first-order chi connectivity index (χ1) is 7.26. The molecule has 86 valence electrons. The summed E-state index contributed by atoms with van der Waals surface area (Å²) < 4.78 is 10.6. The number of hydrogen-bond acceptors (Lipinski definition) is 4. The molecule has 2 aliphatic rings. The molecule has 1 amide bonds. The molecule has 2 saturated heterocycles. The smallest absolute Gasteiger partial charge is 0.228 e. The average molecular weight is 214 g/mol. The van der Waals surface area contributed by atoms with Crippen molar-refractivity contribution in [2.24, 2.45) is 5.92 Å². The van der Waals surface area contributed by atoms with Crippen LogP contribution in [-0.4, -0.2) is 63.4 Å². The molecule has 2 aliphatic heterocycles. The van der Waals surface area contributed by atoms with E-state index >= 15 is 0 Å². The standard InChI is InChI=1S/C10H18N2O3/c1-14-8-5-12(6-9(8)15-2)10(13)7-3-11-4-7/h7-9,11H,3-6H2,1-2H3/t8-,9-/m1/s1. The number of rotatable bonds is 3. The topological polar surface area (TPSA) is 50.8 Å². The summed E-state index contributed by atoms with van der Waals surface area (Å²) in [5.41, 5.74) is 0. The van der Waals surface area contributed by atoms with Crippen molar-refractivity contribution in [1.29, 1.82) is 0 Å². The second-order valence-electron chi connectivity index (χ2n) is 4.15. The van der Waals surface area contributed by atoms with E-state index in [1.54, 1.807) is 14.2 Å². The second kappa shape index (κ2) is 4.47. The number of carbonyl (C=O) groups is 1. The van der Waals surface area contributed by atoms with Crippen LogP contribution >= 0.6 is 0 Å². The number of amides is 1. The van der Waals surface area contributed by atoms with Crippen molar-refractivity contribution in [3.05, 3.63) is 0 Å². The summed E-state index contributed by atoms with van der Waals surface area (Å²) in [6.07, 6.45) is 0.0407. The van der Waals surface area contributed by atoms with E-state index < -0.39 is 0 Å². The number of methoxy groups -OCH3 is 2. The minimum absolute atomic E-state index is 0.0204. The van der Waals surface area contributed by atoms with Crippen LogP contribution in [0.2, 0.25) is 0 Å². The third-order valence-corrected chi connectivity index (χ3v) is 3.26. The van der Waals surface area contributed by atoms with Gasteiger partial charge in [0.15, 0.2) is 0 Å². The third-order valence-electron chi connectivity index (χ3n) is 3.26. The molecular formula is C10H18N2O3. The van der Waals surface area contributed by atoms with Crippen molar-refractivity contribution >= 4 is 5.91 Å². The molecule has 0 radical (unpaired) electrons. The van der Waals surface area contributed by atoms with Crippen LogP contribution in [0.15, 0.2) is 0 Å². The highest BCUT2D eigenvalue weighted by molar-refractivity contribution is 5.80. The van der Waals surface area contributed by atoms with Crippen molar-refractivity contribution in [3.8, 4) is 0 Å². The molecule has 2 fully saturated rings. The van der Waals surface area contributed by atoms with E-state index in [1.807, 2.05) is 4.90 Å². The molecule has 0 aromatic heterocycles. The molecular weight excluding hydrogens is 196 g/mol. The fraction of sp³-hybridized carbons (Fsp3) is 0.900. The van der Waals surface area contributed by atoms with Gasteiger partial charge in [-0.25, -0.2) is 0 Å². The minimum atomic E-state index is 0.0204. The van der Waals surface area contributed by atoms with E-state index in [1.165, 1.54) is 0 Å². The predicted molar refractivity (Wildman–Crippen MR) is 54.5 cm³/mol. The molecule has 2 heterocycles. The Labute approximate surface area is 89.7 Å². The maximum Gasteiger partial charge on any atom is 0.228 e. The van der Waals surface area contributed by atoms with Crippen LogP contribution in [0.3, 0.4) is 0 Å². The normalized spacial score (nSPS) is 31.7. The molecule has 15 heavy (non-hydrogen) atoms. The Morgan fingerprint density at radius 1 is 1.20 bits per heavy atom. The highest BCUT2D eigenvalue weighted by atomic mass is 16.5. The summed E-state index contributed by atoms with van der Waals surface area (Å²) >= 11 is 0. The monoisotopic (exact) mass is 214 g/mol. The molecule has 5 nitrogen and oxygen atoms in total. The molecule has 0 aliphatic carbocycles. The van der Waals surface area contributed by atoms with E-state index in [-0.39, 0.29) is 24.0 Å². The average Bonchev–Trinajstić information content (AvgIpc) is 2.57. The van der Waals surface area contributed by atoms with Crippen LogP contribution in [0.5, 0.6) is 0 Å². The summed E-state index contributed by atoms with van der Waals surface area (Å²) in [5, 5.41) is 3.11. The molecule has 0 aromatic carbocycles. The fourth-order valence-electron chi connectivity index (χ4n) is 2.10. The Bertz CT molecular complexity index is 231. The molecule has 0 saturated carbocycles. The highest BCUT2D eigenvalue weighted by Gasteiger charge is 2.39. The van der Waals surface area contributed by atoms with Crippen molar-refractivity contribution in [2.45, 2.75) is 12.2 Å². The lowest BCUT2D eigenvalue weighted by molar-refractivity contribution is -0.136. The molecule has 0 spiro atoms. The van der Waals surface area contributed by atoms with Gasteiger partial charge in [-0.15, -0.1) is 0 Å². The quantitative estimate of drug-likeness (QED) is 0.660. The third kappa shape index (κ3) is 2.00. The Kier molecular flexibility index (Phi) is 3.23. The highest BCUT2D eigenvalue weighted by Crippen LogP contribution is 2.19. The number of hydrogen-bond donors (Lipinski definition) is 1. The number of nitrogens with one attached hydrogen (secondary N) is 1. The Morgan fingerprint density at radius 3 is 2.07 bits per heavy atom. The SMILES string of the molecule is CO[C@@H]1CN(C(=O)C2CNC2)C[C@H]1OC. The van der Waals surface area contributed by atoms with Crippen molar-refractivity contribution in [2.75, 3.05) is 40.4 Å². The van der Waals surface area contributed by atoms with Gasteiger partial charge in [0.05, 0.1) is 5.92 Å². The van der Waals surface area contributed by atoms with E-state index in [0.717, 1.165) is 13.1 Å². The van der Waals surface area contributed by atoms with Crippen LogP contribution in [0.4, 0.5) is 0 Å². The van der Waals surface area contributed by atoms with Crippen LogP contribution in [0, 0.1) is 5.92 Å². The number of ether oxygens (including phenoxy) is 2. The summed E-state index contributed by atoms with van der Waals surface area (Å²) in [6, 6.07) is 0. The summed E-state index contributed by atoms with van der Waals surface area (Å²) in [6.45, 7) is 2.93. The van der Waals surface area contributed by atoms with E-state index in [2.05, 4.69) is 5.32 Å². The zero-order chi connectivity index (χ0) is 10.8. The van der Waals surface area contributed by atoms with Crippen molar-refractivity contribution in [1.82, 2.24) is 10.2 Å². The van der Waals surface area contributed by atoms with E-state index in [4.69, 9.17) is 9.47 Å². The lowest BCUT2D eigenvalue weighted by atomic mass is 10.0. The number of nitrogens with zero attached hydrogens (tertiary/aromatic N) is 1. The maximum absolute atomic E-state index is 11.9. The van der Waals surface area contributed by atoms with E-state index in [0.29, 0.717) is 13.1 Å². The van der Waals surface area contributed by atoms with Gasteiger partial charge in [0, 0.05) is 40.4 Å². The first-order valence-corrected chi connectivity index (χ1v) is 5.31. The largest absolute Gasteiger partial charge is 0.377 e. The van der Waals surface area contributed by atoms with Gasteiger partial charge in [-0.1, -0.05) is 0 Å². The zero-order valence-corrected chi connectivity index (χ0v) is 9.23. The molecule has 2 rings (SSSR count). The van der Waals surface area contributed by atoms with Crippen LogP contribution in [-0.2, 0) is 14.3 Å². The zero-order valence-electron chi connectivity index (χ0n) is 9.23. The van der Waals surface area contributed by atoms with Gasteiger partial charge in [-0.3, -0.25) is 4.79 Å². The molecule has 2 atom stereocenters. The first-order valence-electron chi connectivity index (χ1n) is 5.31. The van der Waals surface area contributed by atoms with Crippen molar-refractivity contribution < 1.29 is 14.3 Å². The fourth-order valence-corrected chi connectivity index (χ4v) is 2.10. The van der Waals surface area contributed by atoms with Crippen LogP contribution < -0.4 is 5.32 Å². The predicted octanol–water partition coefficient (Wildman–Crippen LogP) is -0.922. The maximum atomic E-state index is 11.9. The van der Waals surface area contributed by atoms with E-state index in [9.17, 15) is 4.79 Å². The van der Waals surface area contributed by atoms with Gasteiger partial charge >= 0.3 is 0 Å². The summed E-state index contributed by atoms with van der Waals surface area (Å²) in [7, 11) is 3.32. The first kappa shape index (κ1) is 10.9. The Morgan fingerprint density at radius 2 is 1.73 bits per heavy atom. The Balaban J connectivity index is 1.91. The van der Waals surface area contributed by atoms with Gasteiger partial charge in [-0.2, -0.15) is 0 Å². The molecule has 0 aromatic rings. The van der Waals surface area contributed by atoms with Gasteiger partial charge in [-0.05, 0) is 0 Å². The van der Waals surface area contributed by atoms with Gasteiger partial charge < -0.3 is 19.7 Å². The number of carbonyl (C=O) groups excluding carboxylic acids is 1. The molecule has 5 heteroatoms. The number of likely N-dealkylation sites (tertiary alicyclic amines) is 1. The summed E-state index contributed by atoms with van der Waals surface area (Å²) in [4.78, 5) is 13.8. The van der Waals surface area contributed by atoms with Crippen LogP contribution in [0.1, 0.15) is 0 Å². The minimum Gasteiger partial charge on any atom is -0.377 e. The van der Waals surface area contributed by atoms with Crippen molar-refractivity contribution in [3.63, 3.8) is 0 Å². The lowest BCUT2D eigenvalue weighted by Gasteiger charge is -2.30. The molecule has 0 unspecified atom stereocenters. The lowest BCUT2D eigenvalue weighted by Crippen LogP contribution is -2.51. The Hall–Kier alpha value is -0.650. The van der Waals surface area contributed by atoms with Gasteiger partial charge in [0.1, 0.15) is 12.2 Å².